The first-order valence-corrected chi connectivity index (χ1v) is 7.58. The van der Waals surface area contributed by atoms with Gasteiger partial charge in [0.25, 0.3) is 0 Å². The van der Waals surface area contributed by atoms with E-state index in [4.69, 9.17) is 0 Å². The van der Waals surface area contributed by atoms with Crippen molar-refractivity contribution in [2.24, 2.45) is 0 Å². The molecule has 1 saturated heterocycles. The lowest BCUT2D eigenvalue weighted by molar-refractivity contribution is -0.139. The number of rotatable bonds is 5. The average Bonchev–Trinajstić information content (AvgIpc) is 2.71. The van der Waals surface area contributed by atoms with Gasteiger partial charge in [0, 0.05) is 44.9 Å². The largest absolute Gasteiger partial charge is 0.344 e. The molecule has 0 bridgehead atoms. The molecule has 1 aromatic rings. The van der Waals surface area contributed by atoms with Crippen LogP contribution in [0.2, 0.25) is 0 Å². The number of pyridine rings is 1. The lowest BCUT2D eigenvalue weighted by atomic mass is 10.2. The third-order valence-corrected chi connectivity index (χ3v) is 3.85. The van der Waals surface area contributed by atoms with Crippen molar-refractivity contribution in [1.82, 2.24) is 14.8 Å². The number of carbonyl (C=O) groups excluding carboxylic acids is 2. The van der Waals surface area contributed by atoms with E-state index >= 15 is 0 Å². The first-order valence-electron chi connectivity index (χ1n) is 7.58. The number of amides is 2. The predicted molar refractivity (Wildman–Crippen MR) is 80.6 cm³/mol. The number of likely N-dealkylation sites (N-methyl/N-ethyl adjacent to an activating group) is 1. The second kappa shape index (κ2) is 7.76. The minimum Gasteiger partial charge on any atom is -0.344 e. The molecule has 114 valence electrons. The van der Waals surface area contributed by atoms with Gasteiger partial charge in [-0.2, -0.15) is 0 Å². The molecule has 5 heteroatoms. The molecular weight excluding hydrogens is 266 g/mol. The zero-order valence-corrected chi connectivity index (χ0v) is 12.6. The molecule has 1 fully saturated rings. The van der Waals surface area contributed by atoms with Crippen LogP contribution in [0.5, 0.6) is 0 Å². The van der Waals surface area contributed by atoms with Gasteiger partial charge in [-0.15, -0.1) is 0 Å². The maximum absolute atomic E-state index is 12.2. The van der Waals surface area contributed by atoms with Gasteiger partial charge in [0.1, 0.15) is 0 Å². The molecule has 0 aromatic carbocycles. The van der Waals surface area contributed by atoms with Gasteiger partial charge in [-0.1, -0.05) is 12.5 Å². The van der Waals surface area contributed by atoms with Crippen LogP contribution in [0.3, 0.4) is 0 Å². The fourth-order valence-electron chi connectivity index (χ4n) is 2.44. The average molecular weight is 289 g/mol. The minimum absolute atomic E-state index is 0.00109. The Balaban J connectivity index is 1.80. The zero-order chi connectivity index (χ0) is 15.1. The molecule has 0 spiro atoms. The van der Waals surface area contributed by atoms with E-state index in [1.165, 1.54) is 0 Å². The first-order chi connectivity index (χ1) is 10.2. The Morgan fingerprint density at radius 1 is 1.33 bits per heavy atom. The van der Waals surface area contributed by atoms with Crippen LogP contribution in [0.15, 0.2) is 24.4 Å². The van der Waals surface area contributed by atoms with E-state index in [0.717, 1.165) is 31.4 Å². The summed E-state index contributed by atoms with van der Waals surface area (Å²) in [6, 6.07) is 5.78. The van der Waals surface area contributed by atoms with Crippen LogP contribution in [-0.4, -0.2) is 53.3 Å². The molecule has 2 amide bonds. The maximum Gasteiger partial charge on any atom is 0.241 e. The van der Waals surface area contributed by atoms with E-state index in [-0.39, 0.29) is 18.4 Å². The third-order valence-electron chi connectivity index (χ3n) is 3.85. The lowest BCUT2D eigenvalue weighted by Crippen LogP contribution is -2.41. The molecule has 0 atom stereocenters. The monoisotopic (exact) mass is 289 g/mol. The second-order valence-corrected chi connectivity index (χ2v) is 5.51. The zero-order valence-electron chi connectivity index (χ0n) is 12.6. The van der Waals surface area contributed by atoms with Crippen molar-refractivity contribution in [3.05, 3.63) is 30.1 Å². The van der Waals surface area contributed by atoms with Crippen LogP contribution in [0.25, 0.3) is 0 Å². The van der Waals surface area contributed by atoms with Gasteiger partial charge in [-0.3, -0.25) is 14.6 Å². The predicted octanol–water partition coefficient (Wildman–Crippen LogP) is 1.49. The summed E-state index contributed by atoms with van der Waals surface area (Å²) in [6.07, 6.45) is 6.08. The van der Waals surface area contributed by atoms with Crippen molar-refractivity contribution in [1.29, 1.82) is 0 Å². The number of hydrogen-bond donors (Lipinski definition) is 0. The lowest BCUT2D eigenvalue weighted by Gasteiger charge is -2.24. The van der Waals surface area contributed by atoms with Crippen LogP contribution in [0.1, 0.15) is 31.4 Å². The Morgan fingerprint density at radius 3 is 2.95 bits per heavy atom. The summed E-state index contributed by atoms with van der Waals surface area (Å²) in [5.74, 6) is 0.111. The SMILES string of the molecule is CN(CCc1ccccn1)C(=O)CN1CCCCCC1=O. The van der Waals surface area contributed by atoms with Gasteiger partial charge in [0.15, 0.2) is 0 Å². The van der Waals surface area contributed by atoms with Crippen LogP contribution < -0.4 is 0 Å². The third kappa shape index (κ3) is 4.85. The fourth-order valence-corrected chi connectivity index (χ4v) is 2.44. The van der Waals surface area contributed by atoms with E-state index < -0.39 is 0 Å². The molecule has 2 rings (SSSR count). The van der Waals surface area contributed by atoms with Crippen molar-refractivity contribution >= 4 is 11.8 Å². The van der Waals surface area contributed by atoms with Crippen LogP contribution in [0, 0.1) is 0 Å². The molecular formula is C16H23N3O2. The number of likely N-dealkylation sites (tertiary alicyclic amines) is 1. The van der Waals surface area contributed by atoms with Crippen LogP contribution >= 0.6 is 0 Å². The highest BCUT2D eigenvalue weighted by Crippen LogP contribution is 2.11. The summed E-state index contributed by atoms with van der Waals surface area (Å²) >= 11 is 0. The number of hydrogen-bond acceptors (Lipinski definition) is 3. The number of carbonyl (C=O) groups is 2. The number of aromatic nitrogens is 1. The molecule has 0 unspecified atom stereocenters. The molecule has 2 heterocycles. The van der Waals surface area contributed by atoms with Crippen LogP contribution in [0.4, 0.5) is 0 Å². The van der Waals surface area contributed by atoms with E-state index in [9.17, 15) is 9.59 Å². The first kappa shape index (κ1) is 15.5. The van der Waals surface area contributed by atoms with Crippen LogP contribution in [-0.2, 0) is 16.0 Å². The fraction of sp³-hybridized carbons (Fsp3) is 0.562. The summed E-state index contributed by atoms with van der Waals surface area (Å²) < 4.78 is 0. The summed E-state index contributed by atoms with van der Waals surface area (Å²) in [5.41, 5.74) is 0.975. The standard InChI is InChI=1S/C16H23N3O2/c1-18(12-9-14-7-4-5-10-17-14)16(21)13-19-11-6-2-3-8-15(19)20/h4-5,7,10H,2-3,6,8-9,11-13H2,1H3. The van der Waals surface area contributed by atoms with Gasteiger partial charge >= 0.3 is 0 Å². The highest BCUT2D eigenvalue weighted by atomic mass is 16.2. The molecule has 0 saturated carbocycles. The van der Waals surface area contributed by atoms with E-state index in [1.807, 2.05) is 18.2 Å². The molecule has 1 aromatic heterocycles. The topological polar surface area (TPSA) is 53.5 Å². The van der Waals surface area contributed by atoms with Gasteiger partial charge in [0.2, 0.25) is 11.8 Å². The number of nitrogens with zero attached hydrogens (tertiary/aromatic N) is 3. The molecule has 0 aliphatic carbocycles. The second-order valence-electron chi connectivity index (χ2n) is 5.51. The minimum atomic E-state index is 0.00109. The molecule has 1 aliphatic rings. The normalized spacial score (nSPS) is 15.7. The van der Waals surface area contributed by atoms with Crippen molar-refractivity contribution < 1.29 is 9.59 Å². The Kier molecular flexibility index (Phi) is 5.72. The smallest absolute Gasteiger partial charge is 0.241 e. The maximum atomic E-state index is 12.2. The van der Waals surface area contributed by atoms with Crippen molar-refractivity contribution in [3.8, 4) is 0 Å². The summed E-state index contributed by atoms with van der Waals surface area (Å²) in [4.78, 5) is 31.7. The summed E-state index contributed by atoms with van der Waals surface area (Å²) in [7, 11) is 1.79. The summed E-state index contributed by atoms with van der Waals surface area (Å²) in [5, 5.41) is 0. The van der Waals surface area contributed by atoms with Crippen molar-refractivity contribution in [2.45, 2.75) is 32.1 Å². The van der Waals surface area contributed by atoms with Gasteiger partial charge in [0.05, 0.1) is 6.54 Å². The quantitative estimate of drug-likeness (QED) is 0.825. The van der Waals surface area contributed by atoms with Gasteiger partial charge < -0.3 is 9.80 Å². The molecule has 5 nitrogen and oxygen atoms in total. The molecule has 0 radical (unpaired) electrons. The van der Waals surface area contributed by atoms with Crippen molar-refractivity contribution in [3.63, 3.8) is 0 Å². The Morgan fingerprint density at radius 2 is 2.19 bits per heavy atom. The molecule has 1 aliphatic heterocycles. The Labute approximate surface area is 126 Å². The van der Waals surface area contributed by atoms with Gasteiger partial charge in [-0.25, -0.2) is 0 Å². The van der Waals surface area contributed by atoms with Crippen molar-refractivity contribution in [2.75, 3.05) is 26.7 Å². The van der Waals surface area contributed by atoms with E-state index in [2.05, 4.69) is 4.98 Å². The molecule has 0 N–H and O–H groups in total. The highest BCUT2D eigenvalue weighted by molar-refractivity contribution is 5.84. The highest BCUT2D eigenvalue weighted by Gasteiger charge is 2.20. The Bertz CT molecular complexity index is 476. The Hall–Kier alpha value is -1.91. The van der Waals surface area contributed by atoms with E-state index in [1.54, 1.807) is 23.0 Å². The summed E-state index contributed by atoms with van der Waals surface area (Å²) in [6.45, 7) is 1.54. The molecule has 21 heavy (non-hydrogen) atoms. The van der Waals surface area contributed by atoms with E-state index in [0.29, 0.717) is 19.5 Å². The van der Waals surface area contributed by atoms with Gasteiger partial charge in [-0.05, 0) is 25.0 Å².